The van der Waals surface area contributed by atoms with Gasteiger partial charge in [-0.25, -0.2) is 4.68 Å². The molecular weight excluding hydrogens is 460 g/mol. The second-order valence-electron chi connectivity index (χ2n) is 8.47. The van der Waals surface area contributed by atoms with Gasteiger partial charge in [0.05, 0.1) is 22.8 Å². The van der Waals surface area contributed by atoms with Crippen molar-refractivity contribution in [3.05, 3.63) is 102 Å². The Hall–Kier alpha value is -3.90. The molecule has 0 spiro atoms. The number of anilines is 1. The van der Waals surface area contributed by atoms with E-state index in [0.29, 0.717) is 22.2 Å². The summed E-state index contributed by atoms with van der Waals surface area (Å²) in [6, 6.07) is 28.2. The van der Waals surface area contributed by atoms with E-state index in [2.05, 4.69) is 5.32 Å². The molecule has 0 saturated carbocycles. The number of amides is 2. The van der Waals surface area contributed by atoms with E-state index in [-0.39, 0.29) is 30.8 Å². The molecule has 3 aromatic carbocycles. The third-order valence-electron chi connectivity index (χ3n) is 5.58. The number of nitrogens with zero attached hydrogens (tertiary/aromatic N) is 3. The number of rotatable bonds is 8. The maximum atomic E-state index is 13.1. The van der Waals surface area contributed by atoms with Crippen LogP contribution in [0.3, 0.4) is 0 Å². The maximum absolute atomic E-state index is 13.1. The number of halogens is 1. The van der Waals surface area contributed by atoms with Crippen LogP contribution in [0, 0.1) is 0 Å². The Balaban J connectivity index is 1.58. The summed E-state index contributed by atoms with van der Waals surface area (Å²) in [6.07, 6.45) is 0.238. The molecule has 0 aliphatic heterocycles. The highest BCUT2D eigenvalue weighted by Gasteiger charge is 2.22. The van der Waals surface area contributed by atoms with Crippen LogP contribution in [-0.2, 0) is 16.0 Å². The second-order valence-corrected chi connectivity index (χ2v) is 8.88. The van der Waals surface area contributed by atoms with Crippen molar-refractivity contribution in [1.29, 1.82) is 0 Å². The van der Waals surface area contributed by atoms with E-state index in [1.165, 1.54) is 0 Å². The number of carbonyl (C=O) groups excluding carboxylic acids is 2. The lowest BCUT2D eigenvalue weighted by Crippen LogP contribution is -2.43. The third kappa shape index (κ3) is 5.97. The Labute approximate surface area is 210 Å². The van der Waals surface area contributed by atoms with Gasteiger partial charge in [0.2, 0.25) is 11.8 Å². The minimum Gasteiger partial charge on any atom is -0.331 e. The van der Waals surface area contributed by atoms with Crippen LogP contribution in [0.5, 0.6) is 0 Å². The summed E-state index contributed by atoms with van der Waals surface area (Å²) in [5.74, 6) is 0.0556. The van der Waals surface area contributed by atoms with Gasteiger partial charge in [0.25, 0.3) is 0 Å². The molecule has 0 bridgehead atoms. The molecule has 0 atom stereocenters. The molecule has 7 heteroatoms. The maximum Gasteiger partial charge on any atom is 0.245 e. The van der Waals surface area contributed by atoms with Gasteiger partial charge in [-0.05, 0) is 31.5 Å². The molecule has 1 N–H and O–H groups in total. The first kappa shape index (κ1) is 24.2. The number of aromatic nitrogens is 2. The van der Waals surface area contributed by atoms with Crippen LogP contribution < -0.4 is 5.32 Å². The zero-order valence-corrected chi connectivity index (χ0v) is 20.4. The highest BCUT2D eigenvalue weighted by Crippen LogP contribution is 2.28. The Morgan fingerprint density at radius 3 is 2.23 bits per heavy atom. The van der Waals surface area contributed by atoms with Gasteiger partial charge in [0, 0.05) is 17.7 Å². The van der Waals surface area contributed by atoms with Crippen molar-refractivity contribution in [2.45, 2.75) is 26.3 Å². The van der Waals surface area contributed by atoms with Gasteiger partial charge in [-0.2, -0.15) is 5.10 Å². The SMILES string of the molecule is CC(C)N(CC(=O)Nc1cc(-c2ccccc2)nn1-c1ccccc1Cl)C(=O)Cc1ccccc1. The summed E-state index contributed by atoms with van der Waals surface area (Å²) < 4.78 is 1.62. The van der Waals surface area contributed by atoms with E-state index in [0.717, 1.165) is 11.1 Å². The smallest absolute Gasteiger partial charge is 0.245 e. The van der Waals surface area contributed by atoms with E-state index >= 15 is 0 Å². The molecule has 35 heavy (non-hydrogen) atoms. The monoisotopic (exact) mass is 486 g/mol. The predicted molar refractivity (Wildman–Crippen MR) is 140 cm³/mol. The minimum absolute atomic E-state index is 0.0717. The van der Waals surface area contributed by atoms with Gasteiger partial charge in [-0.3, -0.25) is 9.59 Å². The standard InChI is InChI=1S/C28H27ClN4O2/c1-20(2)32(28(35)17-21-11-5-3-6-12-21)19-27(34)30-26-18-24(22-13-7-4-8-14-22)31-33(26)25-16-10-9-15-23(25)29/h3-16,18,20H,17,19H2,1-2H3,(H,30,34). The number of para-hydroxylation sites is 1. The van der Waals surface area contributed by atoms with Gasteiger partial charge < -0.3 is 10.2 Å². The topological polar surface area (TPSA) is 67.2 Å². The van der Waals surface area contributed by atoms with Crippen LogP contribution in [0.25, 0.3) is 16.9 Å². The van der Waals surface area contributed by atoms with E-state index in [9.17, 15) is 9.59 Å². The Bertz CT molecular complexity index is 1300. The number of hydrogen-bond donors (Lipinski definition) is 1. The molecule has 0 saturated heterocycles. The largest absolute Gasteiger partial charge is 0.331 e. The first-order valence-electron chi connectivity index (χ1n) is 11.5. The lowest BCUT2D eigenvalue weighted by Gasteiger charge is -2.26. The molecule has 1 heterocycles. The lowest BCUT2D eigenvalue weighted by atomic mass is 10.1. The fourth-order valence-corrected chi connectivity index (χ4v) is 4.01. The fourth-order valence-electron chi connectivity index (χ4n) is 3.80. The fraction of sp³-hybridized carbons (Fsp3) is 0.179. The van der Waals surface area contributed by atoms with Crippen LogP contribution in [-0.4, -0.2) is 39.1 Å². The third-order valence-corrected chi connectivity index (χ3v) is 5.90. The van der Waals surface area contributed by atoms with Crippen molar-refractivity contribution in [3.63, 3.8) is 0 Å². The zero-order chi connectivity index (χ0) is 24.8. The van der Waals surface area contributed by atoms with Gasteiger partial charge in [-0.15, -0.1) is 0 Å². The number of carbonyl (C=O) groups is 2. The Kier molecular flexibility index (Phi) is 7.63. The molecule has 4 rings (SSSR count). The van der Waals surface area contributed by atoms with Gasteiger partial charge in [-0.1, -0.05) is 84.4 Å². The quantitative estimate of drug-likeness (QED) is 0.352. The molecule has 0 radical (unpaired) electrons. The van der Waals surface area contributed by atoms with Gasteiger partial charge >= 0.3 is 0 Å². The first-order valence-corrected chi connectivity index (χ1v) is 11.8. The van der Waals surface area contributed by atoms with Crippen LogP contribution >= 0.6 is 11.6 Å². The molecule has 178 valence electrons. The highest BCUT2D eigenvalue weighted by atomic mass is 35.5. The molecule has 6 nitrogen and oxygen atoms in total. The lowest BCUT2D eigenvalue weighted by molar-refractivity contribution is -0.135. The van der Waals surface area contributed by atoms with Crippen molar-refractivity contribution in [2.75, 3.05) is 11.9 Å². The number of nitrogens with one attached hydrogen (secondary N) is 1. The zero-order valence-electron chi connectivity index (χ0n) is 19.7. The summed E-state index contributed by atoms with van der Waals surface area (Å²) >= 11 is 6.44. The second kappa shape index (κ2) is 11.0. The summed E-state index contributed by atoms with van der Waals surface area (Å²) in [5.41, 5.74) is 3.16. The Morgan fingerprint density at radius 2 is 1.57 bits per heavy atom. The molecular formula is C28H27ClN4O2. The van der Waals surface area contributed by atoms with Crippen LogP contribution in [0.2, 0.25) is 5.02 Å². The predicted octanol–water partition coefficient (Wildman–Crippen LogP) is 5.61. The van der Waals surface area contributed by atoms with E-state index in [1.807, 2.05) is 98.8 Å². The number of hydrogen-bond acceptors (Lipinski definition) is 3. The van der Waals surface area contributed by atoms with Crippen molar-refractivity contribution in [3.8, 4) is 16.9 Å². The molecule has 2 amide bonds. The molecule has 4 aromatic rings. The van der Waals surface area contributed by atoms with Crippen LogP contribution in [0.1, 0.15) is 19.4 Å². The van der Waals surface area contributed by atoms with Gasteiger partial charge in [0.1, 0.15) is 12.4 Å². The molecule has 0 aliphatic carbocycles. The summed E-state index contributed by atoms with van der Waals surface area (Å²) in [7, 11) is 0. The van der Waals surface area contributed by atoms with Crippen LogP contribution in [0.4, 0.5) is 5.82 Å². The highest BCUT2D eigenvalue weighted by molar-refractivity contribution is 6.32. The average molecular weight is 487 g/mol. The normalized spacial score (nSPS) is 10.9. The van der Waals surface area contributed by atoms with E-state index in [4.69, 9.17) is 16.7 Å². The molecule has 0 unspecified atom stereocenters. The van der Waals surface area contributed by atoms with Crippen molar-refractivity contribution in [2.24, 2.45) is 0 Å². The van der Waals surface area contributed by atoms with Crippen molar-refractivity contribution >= 4 is 29.2 Å². The minimum atomic E-state index is -0.312. The van der Waals surface area contributed by atoms with Crippen molar-refractivity contribution in [1.82, 2.24) is 14.7 Å². The summed E-state index contributed by atoms with van der Waals surface area (Å²) in [5, 5.41) is 8.15. The first-order chi connectivity index (χ1) is 16.9. The Morgan fingerprint density at radius 1 is 0.943 bits per heavy atom. The van der Waals surface area contributed by atoms with Gasteiger partial charge in [0.15, 0.2) is 0 Å². The van der Waals surface area contributed by atoms with Crippen molar-refractivity contribution < 1.29 is 9.59 Å². The number of benzene rings is 3. The van der Waals surface area contributed by atoms with Crippen LogP contribution in [0.15, 0.2) is 91.0 Å². The van der Waals surface area contributed by atoms with E-state index < -0.39 is 0 Å². The molecule has 0 aliphatic rings. The average Bonchev–Trinajstić information content (AvgIpc) is 3.27. The summed E-state index contributed by atoms with van der Waals surface area (Å²) in [4.78, 5) is 27.7. The summed E-state index contributed by atoms with van der Waals surface area (Å²) in [6.45, 7) is 3.73. The molecule has 0 fully saturated rings. The molecule has 1 aromatic heterocycles. The van der Waals surface area contributed by atoms with E-state index in [1.54, 1.807) is 15.6 Å².